The summed E-state index contributed by atoms with van der Waals surface area (Å²) in [7, 11) is 0. The standard InChI is InChI=1S/C72H60N2/c1-69(2)57-22-14-16-24-65(57)73(51-20-10-9-11-21-51)67-43-62-56(42-63(67)69)54-37-34-50(40-60(54)72(62,7)8)48-31-28-45(29-32-48)26-27-46-30-36-53-55-41-64-68(44-61(55)71(5,6)59(53)38-46)74(66-25-17-15-23-58(66)70(64,3)4)52-35-33-47-18-12-13-19-49(47)39-52/h9-44H,1-8H3/b27-26+. The lowest BCUT2D eigenvalue weighted by atomic mass is 9.71. The highest BCUT2D eigenvalue weighted by atomic mass is 15.2. The van der Waals surface area contributed by atoms with Gasteiger partial charge in [0.1, 0.15) is 0 Å². The molecule has 0 radical (unpaired) electrons. The van der Waals surface area contributed by atoms with Gasteiger partial charge in [-0.15, -0.1) is 0 Å². The largest absolute Gasteiger partial charge is 0.310 e. The Balaban J connectivity index is 0.760. The molecule has 0 unspecified atom stereocenters. The van der Waals surface area contributed by atoms with Gasteiger partial charge in [0.15, 0.2) is 0 Å². The number of hydrogen-bond donors (Lipinski definition) is 0. The minimum Gasteiger partial charge on any atom is -0.310 e. The molecule has 358 valence electrons. The molecule has 4 aliphatic rings. The van der Waals surface area contributed by atoms with Crippen molar-refractivity contribution in [2.45, 2.75) is 77.0 Å². The van der Waals surface area contributed by atoms with Crippen LogP contribution in [0.4, 0.5) is 34.1 Å². The normalized spacial score (nSPS) is 16.4. The molecule has 0 bridgehead atoms. The van der Waals surface area contributed by atoms with E-state index in [1.807, 2.05) is 0 Å². The molecule has 0 amide bonds. The van der Waals surface area contributed by atoms with Crippen LogP contribution in [0, 0.1) is 0 Å². The first-order valence-corrected chi connectivity index (χ1v) is 26.5. The van der Waals surface area contributed by atoms with Crippen molar-refractivity contribution in [3.63, 3.8) is 0 Å². The number of rotatable bonds is 5. The molecule has 2 aliphatic carbocycles. The van der Waals surface area contributed by atoms with E-state index < -0.39 is 0 Å². The quantitative estimate of drug-likeness (QED) is 0.159. The number of benzene rings is 10. The molecule has 0 N–H and O–H groups in total. The van der Waals surface area contributed by atoms with Crippen LogP contribution >= 0.6 is 0 Å². The van der Waals surface area contributed by atoms with Crippen molar-refractivity contribution >= 4 is 57.0 Å². The topological polar surface area (TPSA) is 6.48 Å². The molecule has 10 aromatic carbocycles. The number of para-hydroxylation sites is 3. The van der Waals surface area contributed by atoms with Gasteiger partial charge in [0.05, 0.1) is 22.7 Å². The summed E-state index contributed by atoms with van der Waals surface area (Å²) in [5, 5.41) is 2.51. The third-order valence-electron chi connectivity index (χ3n) is 17.8. The third kappa shape index (κ3) is 6.37. The fourth-order valence-corrected chi connectivity index (χ4v) is 13.6. The maximum absolute atomic E-state index is 2.52. The Labute approximate surface area is 436 Å². The van der Waals surface area contributed by atoms with Gasteiger partial charge in [-0.1, -0.05) is 207 Å². The van der Waals surface area contributed by atoms with Crippen molar-refractivity contribution in [1.82, 2.24) is 0 Å². The lowest BCUT2D eigenvalue weighted by Gasteiger charge is -2.43. The molecule has 2 heterocycles. The molecule has 2 heteroatoms. The predicted molar refractivity (Wildman–Crippen MR) is 314 cm³/mol. The average molecular weight is 953 g/mol. The Hall–Kier alpha value is -8.20. The van der Waals surface area contributed by atoms with E-state index in [1.165, 1.54) is 134 Å². The van der Waals surface area contributed by atoms with E-state index in [1.54, 1.807) is 0 Å². The van der Waals surface area contributed by atoms with Gasteiger partial charge in [-0.25, -0.2) is 0 Å². The molecule has 14 rings (SSSR count). The van der Waals surface area contributed by atoms with Crippen LogP contribution in [0.5, 0.6) is 0 Å². The maximum atomic E-state index is 2.52. The second-order valence-corrected chi connectivity index (χ2v) is 23.4. The number of hydrogen-bond acceptors (Lipinski definition) is 2. The zero-order valence-electron chi connectivity index (χ0n) is 43.7. The first kappa shape index (κ1) is 44.5. The average Bonchev–Trinajstić information content (AvgIpc) is 3.79. The van der Waals surface area contributed by atoms with Crippen molar-refractivity contribution in [2.24, 2.45) is 0 Å². The molecule has 0 atom stereocenters. The highest BCUT2D eigenvalue weighted by molar-refractivity contribution is 5.96. The van der Waals surface area contributed by atoms with E-state index >= 15 is 0 Å². The van der Waals surface area contributed by atoms with E-state index in [0.717, 1.165) is 0 Å². The van der Waals surface area contributed by atoms with Crippen LogP contribution in [0.15, 0.2) is 206 Å². The highest BCUT2D eigenvalue weighted by Crippen LogP contribution is 2.60. The fraction of sp³-hybridized carbons (Fsp3) is 0.167. The summed E-state index contributed by atoms with van der Waals surface area (Å²) in [6.45, 7) is 19.2. The smallest absolute Gasteiger partial charge is 0.0506 e. The van der Waals surface area contributed by atoms with Crippen LogP contribution in [0.1, 0.15) is 111 Å². The Kier molecular flexibility index (Phi) is 9.41. The third-order valence-corrected chi connectivity index (χ3v) is 17.8. The van der Waals surface area contributed by atoms with Crippen LogP contribution in [-0.4, -0.2) is 0 Å². The molecule has 0 saturated carbocycles. The van der Waals surface area contributed by atoms with Crippen molar-refractivity contribution in [2.75, 3.05) is 9.80 Å². The Morgan fingerprint density at radius 1 is 0.270 bits per heavy atom. The second kappa shape index (κ2) is 15.7. The van der Waals surface area contributed by atoms with Crippen molar-refractivity contribution in [3.05, 3.63) is 262 Å². The molecule has 2 aliphatic heterocycles. The summed E-state index contributed by atoms with van der Waals surface area (Å²) in [5.41, 5.74) is 27.9. The van der Waals surface area contributed by atoms with Crippen molar-refractivity contribution < 1.29 is 0 Å². The molecule has 2 nitrogen and oxygen atoms in total. The summed E-state index contributed by atoms with van der Waals surface area (Å²) in [6, 6.07) is 77.8. The van der Waals surface area contributed by atoms with Gasteiger partial charge < -0.3 is 9.80 Å². The maximum Gasteiger partial charge on any atom is 0.0506 e. The molecule has 0 fully saturated rings. The molecular formula is C72H60N2. The van der Waals surface area contributed by atoms with Gasteiger partial charge in [0.2, 0.25) is 0 Å². The van der Waals surface area contributed by atoms with Gasteiger partial charge >= 0.3 is 0 Å². The SMILES string of the molecule is CC1(C)c2cc(/C=C/c3ccc(-c4ccc5c(c4)C(C)(C)c4cc6c(cc4-5)C(C)(C)c4ccccc4N6c4ccccc4)cc3)ccc2-c2cc3c(cc21)N(c1ccc2ccccc2c1)c1ccccc1C3(C)C. The number of nitrogens with zero attached hydrogens (tertiary/aromatic N) is 2. The van der Waals surface area contributed by atoms with E-state index in [-0.39, 0.29) is 21.7 Å². The van der Waals surface area contributed by atoms with E-state index in [2.05, 4.69) is 284 Å². The zero-order valence-corrected chi connectivity index (χ0v) is 43.7. The number of fused-ring (bicyclic) bond motifs is 11. The van der Waals surface area contributed by atoms with Crippen LogP contribution < -0.4 is 9.80 Å². The minimum absolute atomic E-state index is 0.160. The zero-order chi connectivity index (χ0) is 50.5. The molecule has 10 aromatic rings. The number of anilines is 6. The van der Waals surface area contributed by atoms with Crippen LogP contribution in [0.25, 0.3) is 56.3 Å². The summed E-state index contributed by atoms with van der Waals surface area (Å²) >= 11 is 0. The Bertz CT molecular complexity index is 4010. The molecule has 74 heavy (non-hydrogen) atoms. The van der Waals surface area contributed by atoms with Gasteiger partial charge in [-0.3, -0.25) is 0 Å². The van der Waals surface area contributed by atoms with Gasteiger partial charge in [0.25, 0.3) is 0 Å². The Morgan fingerprint density at radius 3 is 1.35 bits per heavy atom. The molecular weight excluding hydrogens is 893 g/mol. The summed E-state index contributed by atoms with van der Waals surface area (Å²) in [5.74, 6) is 0. The molecule has 0 saturated heterocycles. The van der Waals surface area contributed by atoms with Gasteiger partial charge in [-0.05, 0) is 167 Å². The fourth-order valence-electron chi connectivity index (χ4n) is 13.6. The lowest BCUT2D eigenvalue weighted by molar-refractivity contribution is 0.627. The van der Waals surface area contributed by atoms with E-state index in [0.29, 0.717) is 0 Å². The highest BCUT2D eigenvalue weighted by Gasteiger charge is 2.44. The van der Waals surface area contributed by atoms with Crippen LogP contribution in [-0.2, 0) is 21.7 Å². The van der Waals surface area contributed by atoms with Crippen molar-refractivity contribution in [1.29, 1.82) is 0 Å². The van der Waals surface area contributed by atoms with Gasteiger partial charge in [-0.2, -0.15) is 0 Å². The second-order valence-electron chi connectivity index (χ2n) is 23.4. The summed E-state index contributed by atoms with van der Waals surface area (Å²) in [6.07, 6.45) is 4.55. The lowest BCUT2D eigenvalue weighted by Crippen LogP contribution is -2.31. The first-order chi connectivity index (χ1) is 35.7. The molecule has 0 aromatic heterocycles. The first-order valence-electron chi connectivity index (χ1n) is 26.5. The van der Waals surface area contributed by atoms with Crippen LogP contribution in [0.2, 0.25) is 0 Å². The Morgan fingerprint density at radius 2 is 0.730 bits per heavy atom. The van der Waals surface area contributed by atoms with Gasteiger partial charge in [0, 0.05) is 33.0 Å². The monoisotopic (exact) mass is 952 g/mol. The summed E-state index contributed by atoms with van der Waals surface area (Å²) < 4.78 is 0. The molecule has 0 spiro atoms. The van der Waals surface area contributed by atoms with Crippen molar-refractivity contribution in [3.8, 4) is 33.4 Å². The minimum atomic E-state index is -0.183. The predicted octanol–water partition coefficient (Wildman–Crippen LogP) is 19.5. The van der Waals surface area contributed by atoms with E-state index in [4.69, 9.17) is 0 Å². The summed E-state index contributed by atoms with van der Waals surface area (Å²) in [4.78, 5) is 4.99. The van der Waals surface area contributed by atoms with Crippen LogP contribution in [0.3, 0.4) is 0 Å². The van der Waals surface area contributed by atoms with E-state index in [9.17, 15) is 0 Å².